The molecule has 3 aliphatic rings. The predicted molar refractivity (Wildman–Crippen MR) is 139 cm³/mol. The summed E-state index contributed by atoms with van der Waals surface area (Å²) in [6.07, 6.45) is -1.34. The number of fused-ring (bicyclic) bond motifs is 3. The zero-order chi connectivity index (χ0) is 29.0. The highest BCUT2D eigenvalue weighted by Crippen LogP contribution is 2.51. The van der Waals surface area contributed by atoms with Crippen molar-refractivity contribution < 1.29 is 36.6 Å². The highest BCUT2D eigenvalue weighted by molar-refractivity contribution is 5.80. The van der Waals surface area contributed by atoms with E-state index < -0.39 is 34.7 Å². The molecule has 0 spiro atoms. The van der Waals surface area contributed by atoms with Crippen LogP contribution in [-0.4, -0.2) is 40.6 Å². The van der Waals surface area contributed by atoms with Crippen molar-refractivity contribution in [2.45, 2.75) is 88.5 Å². The molecular formula is C31H34F5NO3. The Morgan fingerprint density at radius 1 is 1.00 bits per heavy atom. The van der Waals surface area contributed by atoms with Crippen LogP contribution in [-0.2, 0) is 33.5 Å². The number of carbonyl (C=O) groups excluding carboxylic acids is 1. The molecule has 9 heteroatoms. The average molecular weight is 564 g/mol. The summed E-state index contributed by atoms with van der Waals surface area (Å²) in [6, 6.07) is 8.85. The fourth-order valence-corrected chi connectivity index (χ4v) is 7.22. The largest absolute Gasteiger partial charge is 0.481 e. The van der Waals surface area contributed by atoms with Crippen LogP contribution in [0.3, 0.4) is 0 Å². The normalized spacial score (nSPS) is 28.0. The number of likely N-dealkylation sites (tertiary alicyclic amines) is 1. The highest BCUT2D eigenvalue weighted by atomic mass is 19.4. The molecule has 0 bridgehead atoms. The van der Waals surface area contributed by atoms with Crippen LogP contribution in [0.5, 0.6) is 0 Å². The van der Waals surface area contributed by atoms with Gasteiger partial charge >= 0.3 is 12.1 Å². The van der Waals surface area contributed by atoms with E-state index in [0.29, 0.717) is 76.0 Å². The van der Waals surface area contributed by atoms with E-state index in [2.05, 4.69) is 0 Å². The lowest BCUT2D eigenvalue weighted by atomic mass is 9.63. The van der Waals surface area contributed by atoms with Gasteiger partial charge in [-0.3, -0.25) is 9.59 Å². The fourth-order valence-electron chi connectivity index (χ4n) is 7.22. The topological polar surface area (TPSA) is 57.6 Å². The number of hydrogen-bond donors (Lipinski definition) is 1. The van der Waals surface area contributed by atoms with Gasteiger partial charge in [-0.25, -0.2) is 8.78 Å². The van der Waals surface area contributed by atoms with Crippen molar-refractivity contribution >= 4 is 11.9 Å². The number of rotatable bonds is 5. The lowest BCUT2D eigenvalue weighted by Crippen LogP contribution is -2.51. The van der Waals surface area contributed by atoms with Gasteiger partial charge in [0.1, 0.15) is 5.82 Å². The van der Waals surface area contributed by atoms with Gasteiger partial charge in [0.2, 0.25) is 11.6 Å². The van der Waals surface area contributed by atoms with E-state index in [1.807, 2.05) is 11.0 Å². The molecule has 1 amide bonds. The first-order valence-electron chi connectivity index (χ1n) is 13.9. The standard InChI is InChI=1S/C31H34F5NO3/c1-18-3-4-19(15-25(18)32)17-30-13-14-37(27(38)20-5-7-21(8-6-20)28(39)40)26(30)12-9-22-16-23(10-11-24(22)30)29(2,33)31(34,35)36/h3-4,10-11,15-16,20-21,26H,5-9,12-14,17H2,1-2H3,(H,39,40). The summed E-state index contributed by atoms with van der Waals surface area (Å²) in [6.45, 7) is 2.64. The van der Waals surface area contributed by atoms with Crippen LogP contribution in [0, 0.1) is 24.6 Å². The second kappa shape index (κ2) is 10.1. The summed E-state index contributed by atoms with van der Waals surface area (Å²) >= 11 is 0. The van der Waals surface area contributed by atoms with E-state index >= 15 is 0 Å². The van der Waals surface area contributed by atoms with Crippen molar-refractivity contribution in [3.05, 3.63) is 70.0 Å². The summed E-state index contributed by atoms with van der Waals surface area (Å²) in [5.41, 5.74) is -1.96. The second-order valence-corrected chi connectivity index (χ2v) is 12.0. The molecule has 1 aliphatic heterocycles. The smallest absolute Gasteiger partial charge is 0.426 e. The van der Waals surface area contributed by atoms with Gasteiger partial charge in [-0.05, 0) is 99.1 Å². The molecule has 1 saturated heterocycles. The minimum atomic E-state index is -5.06. The SMILES string of the molecule is Cc1ccc(CC23CCN(C(=O)C4CCC(C(=O)O)CC4)C2CCc2cc(C(C)(F)C(F)(F)F)ccc23)cc1F. The lowest BCUT2D eigenvalue weighted by molar-refractivity contribution is -0.228. The van der Waals surface area contributed by atoms with E-state index in [9.17, 15) is 36.6 Å². The summed E-state index contributed by atoms with van der Waals surface area (Å²) in [7, 11) is 0. The van der Waals surface area contributed by atoms with Gasteiger partial charge in [-0.15, -0.1) is 0 Å². The second-order valence-electron chi connectivity index (χ2n) is 12.0. The molecule has 2 aromatic carbocycles. The summed E-state index contributed by atoms with van der Waals surface area (Å²) < 4.78 is 69.9. The Kier molecular flexibility index (Phi) is 7.24. The molecule has 40 heavy (non-hydrogen) atoms. The van der Waals surface area contributed by atoms with Gasteiger partial charge < -0.3 is 10.0 Å². The third-order valence-corrected chi connectivity index (χ3v) is 9.68. The van der Waals surface area contributed by atoms with E-state index in [0.717, 1.165) is 11.1 Å². The van der Waals surface area contributed by atoms with Gasteiger partial charge in [0.05, 0.1) is 5.92 Å². The maximum absolute atomic E-state index is 14.9. The van der Waals surface area contributed by atoms with Crippen molar-refractivity contribution in [2.24, 2.45) is 11.8 Å². The van der Waals surface area contributed by atoms with Crippen molar-refractivity contribution in [3.8, 4) is 0 Å². The van der Waals surface area contributed by atoms with Crippen LogP contribution < -0.4 is 0 Å². The molecule has 3 unspecified atom stereocenters. The molecule has 0 radical (unpaired) electrons. The minimum Gasteiger partial charge on any atom is -0.481 e. The van der Waals surface area contributed by atoms with Crippen molar-refractivity contribution in [1.29, 1.82) is 0 Å². The predicted octanol–water partition coefficient (Wildman–Crippen LogP) is 6.80. The number of carboxylic acid groups (broad SMARTS) is 1. The number of carbonyl (C=O) groups is 2. The van der Waals surface area contributed by atoms with Gasteiger partial charge in [0.25, 0.3) is 0 Å². The molecule has 4 nitrogen and oxygen atoms in total. The Balaban J connectivity index is 1.51. The first-order valence-corrected chi connectivity index (χ1v) is 13.9. The van der Waals surface area contributed by atoms with E-state index in [1.165, 1.54) is 18.2 Å². The van der Waals surface area contributed by atoms with Crippen LogP contribution in [0.4, 0.5) is 22.0 Å². The van der Waals surface area contributed by atoms with Crippen LogP contribution >= 0.6 is 0 Å². The zero-order valence-corrected chi connectivity index (χ0v) is 22.7. The lowest BCUT2D eigenvalue weighted by Gasteiger charge is -2.45. The molecule has 2 aromatic rings. The van der Waals surface area contributed by atoms with Crippen LogP contribution in [0.1, 0.15) is 73.3 Å². The zero-order valence-electron chi connectivity index (χ0n) is 22.7. The molecule has 1 saturated carbocycles. The van der Waals surface area contributed by atoms with Gasteiger partial charge in [0.15, 0.2) is 0 Å². The first-order chi connectivity index (χ1) is 18.7. The van der Waals surface area contributed by atoms with E-state index in [1.54, 1.807) is 19.1 Å². The van der Waals surface area contributed by atoms with Crippen LogP contribution in [0.2, 0.25) is 0 Å². The Labute approximate surface area is 230 Å². The Hall–Kier alpha value is -2.97. The summed E-state index contributed by atoms with van der Waals surface area (Å²) in [4.78, 5) is 27.0. The quantitative estimate of drug-likeness (QED) is 0.407. The molecule has 5 rings (SSSR count). The molecule has 1 heterocycles. The Morgan fingerprint density at radius 3 is 2.30 bits per heavy atom. The molecule has 1 N–H and O–H groups in total. The highest BCUT2D eigenvalue weighted by Gasteiger charge is 2.56. The summed E-state index contributed by atoms with van der Waals surface area (Å²) in [5, 5.41) is 9.34. The van der Waals surface area contributed by atoms with E-state index in [4.69, 9.17) is 0 Å². The number of carboxylic acids is 1. The third kappa shape index (κ3) is 4.79. The molecule has 0 aromatic heterocycles. The number of amides is 1. The Bertz CT molecular complexity index is 1310. The molecular weight excluding hydrogens is 529 g/mol. The van der Waals surface area contributed by atoms with Crippen molar-refractivity contribution in [1.82, 2.24) is 4.90 Å². The van der Waals surface area contributed by atoms with Gasteiger partial charge in [0, 0.05) is 23.9 Å². The number of benzene rings is 2. The van der Waals surface area contributed by atoms with Gasteiger partial charge in [-0.2, -0.15) is 13.2 Å². The van der Waals surface area contributed by atoms with Crippen molar-refractivity contribution in [3.63, 3.8) is 0 Å². The van der Waals surface area contributed by atoms with Crippen molar-refractivity contribution in [2.75, 3.05) is 6.54 Å². The number of alkyl halides is 4. The number of nitrogens with zero attached hydrogens (tertiary/aromatic N) is 1. The Morgan fingerprint density at radius 2 is 1.68 bits per heavy atom. The monoisotopic (exact) mass is 563 g/mol. The average Bonchev–Trinajstić information content (AvgIpc) is 3.28. The number of aliphatic carboxylic acids is 1. The molecule has 216 valence electrons. The minimum absolute atomic E-state index is 0.0146. The number of hydrogen-bond acceptors (Lipinski definition) is 2. The molecule has 2 aliphatic carbocycles. The van der Waals surface area contributed by atoms with Crippen LogP contribution in [0.25, 0.3) is 0 Å². The molecule has 3 atom stereocenters. The number of halogens is 5. The van der Waals surface area contributed by atoms with Gasteiger partial charge in [-0.1, -0.05) is 30.3 Å². The third-order valence-electron chi connectivity index (χ3n) is 9.68. The number of aryl methyl sites for hydroxylation is 2. The summed E-state index contributed by atoms with van der Waals surface area (Å²) in [5.74, 6) is -1.91. The first kappa shape index (κ1) is 28.6. The van der Waals surface area contributed by atoms with Crippen LogP contribution in [0.15, 0.2) is 36.4 Å². The van der Waals surface area contributed by atoms with E-state index in [-0.39, 0.29) is 23.7 Å². The maximum atomic E-state index is 14.9. The molecule has 2 fully saturated rings. The fraction of sp³-hybridized carbons (Fsp3) is 0.548. The maximum Gasteiger partial charge on any atom is 0.426 e.